The quantitative estimate of drug-likeness (QED) is 0.695. The lowest BCUT2D eigenvalue weighted by Crippen LogP contribution is -2.58. The van der Waals surface area contributed by atoms with E-state index in [2.05, 4.69) is 80.8 Å². The molecule has 0 aliphatic carbocycles. The molecule has 1 amide bonds. The molecular weight excluding hydrogens is 334 g/mol. The number of hydrogen-bond donors (Lipinski definition) is 0. The van der Waals surface area contributed by atoms with Gasteiger partial charge in [-0.1, -0.05) is 44.2 Å². The zero-order valence-electron chi connectivity index (χ0n) is 18.2. The van der Waals surface area contributed by atoms with Gasteiger partial charge >= 0.3 is 0 Å². The van der Waals surface area contributed by atoms with Gasteiger partial charge in [0.25, 0.3) is 0 Å². The highest BCUT2D eigenvalue weighted by Crippen LogP contribution is 2.29. The number of benzene rings is 1. The predicted molar refractivity (Wildman–Crippen MR) is 114 cm³/mol. The number of rotatable bonds is 8. The van der Waals surface area contributed by atoms with E-state index in [1.807, 2.05) is 6.07 Å². The molecular formula is C23H39N3O. The van der Waals surface area contributed by atoms with Crippen LogP contribution in [0.2, 0.25) is 0 Å². The first-order chi connectivity index (χ1) is 12.8. The largest absolute Gasteiger partial charge is 0.340 e. The van der Waals surface area contributed by atoms with E-state index in [-0.39, 0.29) is 0 Å². The average Bonchev–Trinajstić information content (AvgIpc) is 2.61. The SMILES string of the molecule is CC(C)C(CC(=O)N1CC(C)N(CCCN(C)C)C(C)C1)c1ccccc1. The molecule has 152 valence electrons. The van der Waals surface area contributed by atoms with Crippen molar-refractivity contribution >= 4 is 5.91 Å². The molecule has 1 fully saturated rings. The lowest BCUT2D eigenvalue weighted by Gasteiger charge is -2.45. The van der Waals surface area contributed by atoms with Crippen LogP contribution in [0.3, 0.4) is 0 Å². The van der Waals surface area contributed by atoms with Crippen molar-refractivity contribution in [2.75, 3.05) is 40.3 Å². The van der Waals surface area contributed by atoms with Gasteiger partial charge in [0.1, 0.15) is 0 Å². The number of carbonyl (C=O) groups excluding carboxylic acids is 1. The summed E-state index contributed by atoms with van der Waals surface area (Å²) >= 11 is 0. The van der Waals surface area contributed by atoms with Gasteiger partial charge in [0.15, 0.2) is 0 Å². The van der Waals surface area contributed by atoms with Gasteiger partial charge in [-0.2, -0.15) is 0 Å². The minimum atomic E-state index is 0.294. The summed E-state index contributed by atoms with van der Waals surface area (Å²) in [6.07, 6.45) is 1.79. The summed E-state index contributed by atoms with van der Waals surface area (Å²) in [7, 11) is 4.25. The lowest BCUT2D eigenvalue weighted by atomic mass is 9.85. The van der Waals surface area contributed by atoms with E-state index in [4.69, 9.17) is 0 Å². The number of amides is 1. The maximum Gasteiger partial charge on any atom is 0.223 e. The Morgan fingerprint density at radius 3 is 2.22 bits per heavy atom. The van der Waals surface area contributed by atoms with Gasteiger partial charge in [0.05, 0.1) is 0 Å². The van der Waals surface area contributed by atoms with Gasteiger partial charge in [-0.05, 0) is 58.3 Å². The number of hydrogen-bond acceptors (Lipinski definition) is 3. The molecule has 4 nitrogen and oxygen atoms in total. The van der Waals surface area contributed by atoms with E-state index in [1.165, 1.54) is 12.0 Å². The Labute approximate surface area is 166 Å². The van der Waals surface area contributed by atoms with Crippen molar-refractivity contribution in [3.63, 3.8) is 0 Å². The molecule has 0 radical (unpaired) electrons. The summed E-state index contributed by atoms with van der Waals surface area (Å²) in [5, 5.41) is 0. The first-order valence-corrected chi connectivity index (χ1v) is 10.5. The fourth-order valence-corrected chi connectivity index (χ4v) is 4.33. The van der Waals surface area contributed by atoms with E-state index >= 15 is 0 Å². The van der Waals surface area contributed by atoms with Gasteiger partial charge in [0, 0.05) is 38.1 Å². The molecule has 3 unspecified atom stereocenters. The molecule has 27 heavy (non-hydrogen) atoms. The monoisotopic (exact) mass is 373 g/mol. The van der Waals surface area contributed by atoms with Crippen LogP contribution in [0.1, 0.15) is 52.0 Å². The third-order valence-corrected chi connectivity index (χ3v) is 5.90. The number of piperazine rings is 1. The van der Waals surface area contributed by atoms with Crippen molar-refractivity contribution in [1.82, 2.24) is 14.7 Å². The molecule has 1 aliphatic heterocycles. The Hall–Kier alpha value is -1.39. The van der Waals surface area contributed by atoms with E-state index < -0.39 is 0 Å². The molecule has 4 heteroatoms. The van der Waals surface area contributed by atoms with E-state index in [1.54, 1.807) is 0 Å². The number of nitrogens with zero attached hydrogens (tertiary/aromatic N) is 3. The maximum atomic E-state index is 13.1. The Morgan fingerprint density at radius 2 is 1.70 bits per heavy atom. The first-order valence-electron chi connectivity index (χ1n) is 10.5. The third-order valence-electron chi connectivity index (χ3n) is 5.90. The van der Waals surface area contributed by atoms with Crippen LogP contribution in [0.15, 0.2) is 30.3 Å². The van der Waals surface area contributed by atoms with Crippen LogP contribution in [0.25, 0.3) is 0 Å². The summed E-state index contributed by atoms with van der Waals surface area (Å²) in [4.78, 5) is 20.0. The van der Waals surface area contributed by atoms with Crippen molar-refractivity contribution in [3.8, 4) is 0 Å². The molecule has 0 aromatic heterocycles. The minimum absolute atomic E-state index is 0.294. The van der Waals surface area contributed by atoms with Gasteiger partial charge in [-0.15, -0.1) is 0 Å². The van der Waals surface area contributed by atoms with Crippen LogP contribution in [0.4, 0.5) is 0 Å². The fraction of sp³-hybridized carbons (Fsp3) is 0.696. The molecule has 1 aromatic carbocycles. The second-order valence-electron chi connectivity index (χ2n) is 8.86. The van der Waals surface area contributed by atoms with Crippen molar-refractivity contribution in [2.24, 2.45) is 5.92 Å². The molecule has 0 N–H and O–H groups in total. The summed E-state index contributed by atoms with van der Waals surface area (Å²) in [6, 6.07) is 11.4. The Kier molecular flexibility index (Phi) is 8.30. The van der Waals surface area contributed by atoms with Crippen molar-refractivity contribution in [1.29, 1.82) is 0 Å². The highest BCUT2D eigenvalue weighted by atomic mass is 16.2. The summed E-state index contributed by atoms with van der Waals surface area (Å²) in [6.45, 7) is 12.9. The second-order valence-corrected chi connectivity index (χ2v) is 8.86. The molecule has 1 heterocycles. The minimum Gasteiger partial charge on any atom is -0.340 e. The van der Waals surface area contributed by atoms with Crippen LogP contribution in [-0.4, -0.2) is 73.0 Å². The summed E-state index contributed by atoms with van der Waals surface area (Å²) in [5.41, 5.74) is 1.28. The summed E-state index contributed by atoms with van der Waals surface area (Å²) in [5.74, 6) is 1.06. The van der Waals surface area contributed by atoms with Crippen LogP contribution >= 0.6 is 0 Å². The zero-order valence-corrected chi connectivity index (χ0v) is 18.2. The molecule has 2 rings (SSSR count). The maximum absolute atomic E-state index is 13.1. The van der Waals surface area contributed by atoms with Crippen molar-refractivity contribution < 1.29 is 4.79 Å². The second kappa shape index (κ2) is 10.2. The fourth-order valence-electron chi connectivity index (χ4n) is 4.33. The predicted octanol–water partition coefficient (Wildman–Crippen LogP) is 3.69. The van der Waals surface area contributed by atoms with Crippen molar-refractivity contribution in [2.45, 2.75) is 58.5 Å². The topological polar surface area (TPSA) is 26.8 Å². The Bertz CT molecular complexity index is 560. The molecule has 0 bridgehead atoms. The van der Waals surface area contributed by atoms with Crippen LogP contribution in [-0.2, 0) is 4.79 Å². The van der Waals surface area contributed by atoms with E-state index in [0.717, 1.165) is 26.2 Å². The Balaban J connectivity index is 1.95. The van der Waals surface area contributed by atoms with Crippen LogP contribution in [0.5, 0.6) is 0 Å². The van der Waals surface area contributed by atoms with E-state index in [0.29, 0.717) is 36.2 Å². The standard InChI is InChI=1S/C23H39N3O/c1-18(2)22(21-11-8-7-9-12-21)15-23(27)25-16-19(3)26(20(4)17-25)14-10-13-24(5)6/h7-9,11-12,18-20,22H,10,13-17H2,1-6H3. The molecule has 0 spiro atoms. The molecule has 1 aromatic rings. The molecule has 1 aliphatic rings. The summed E-state index contributed by atoms with van der Waals surface area (Å²) < 4.78 is 0. The van der Waals surface area contributed by atoms with Crippen LogP contribution in [0, 0.1) is 5.92 Å². The van der Waals surface area contributed by atoms with Gasteiger partial charge in [-0.3, -0.25) is 9.69 Å². The first kappa shape index (κ1) is 21.9. The lowest BCUT2D eigenvalue weighted by molar-refractivity contribution is -0.136. The Morgan fingerprint density at radius 1 is 1.11 bits per heavy atom. The zero-order chi connectivity index (χ0) is 20.0. The third kappa shape index (κ3) is 6.32. The molecule has 3 atom stereocenters. The van der Waals surface area contributed by atoms with Gasteiger partial charge < -0.3 is 9.80 Å². The highest BCUT2D eigenvalue weighted by Gasteiger charge is 2.32. The average molecular weight is 374 g/mol. The van der Waals surface area contributed by atoms with Crippen molar-refractivity contribution in [3.05, 3.63) is 35.9 Å². The smallest absolute Gasteiger partial charge is 0.223 e. The van der Waals surface area contributed by atoms with Crippen LogP contribution < -0.4 is 0 Å². The molecule has 0 saturated carbocycles. The van der Waals surface area contributed by atoms with E-state index in [9.17, 15) is 4.79 Å². The van der Waals surface area contributed by atoms with Gasteiger partial charge in [0.2, 0.25) is 5.91 Å². The highest BCUT2D eigenvalue weighted by molar-refractivity contribution is 5.77. The van der Waals surface area contributed by atoms with Gasteiger partial charge in [-0.25, -0.2) is 0 Å². The molecule has 1 saturated heterocycles. The number of carbonyl (C=O) groups is 1. The normalized spacial score (nSPS) is 22.4.